The Bertz CT molecular complexity index is 522. The first-order chi connectivity index (χ1) is 9.10. The first kappa shape index (κ1) is 14.8. The third-order valence-electron chi connectivity index (χ3n) is 2.67. The zero-order valence-electron chi connectivity index (χ0n) is 11.2. The molecule has 1 aromatic carbocycles. The first-order valence-corrected chi connectivity index (χ1v) is 8.88. The summed E-state index contributed by atoms with van der Waals surface area (Å²) in [5, 5.41) is 8.54. The van der Waals surface area contributed by atoms with Crippen molar-refractivity contribution in [3.63, 3.8) is 0 Å². The van der Waals surface area contributed by atoms with Crippen LogP contribution in [0.2, 0.25) is 0 Å². The van der Waals surface area contributed by atoms with E-state index in [1.807, 2.05) is 13.2 Å². The second-order valence-electron chi connectivity index (χ2n) is 4.35. The Hall–Kier alpha value is -0.560. The molecule has 102 valence electrons. The van der Waals surface area contributed by atoms with Crippen molar-refractivity contribution in [3.8, 4) is 0 Å². The zero-order chi connectivity index (χ0) is 13.8. The fourth-order valence-corrected chi connectivity index (χ4v) is 4.39. The second kappa shape index (κ2) is 6.74. The van der Waals surface area contributed by atoms with Gasteiger partial charge in [0.1, 0.15) is 0 Å². The summed E-state index contributed by atoms with van der Waals surface area (Å²) < 4.78 is 1.97. The molecule has 0 aliphatic rings. The van der Waals surface area contributed by atoms with Crippen molar-refractivity contribution in [3.05, 3.63) is 35.4 Å². The van der Waals surface area contributed by atoms with Gasteiger partial charge in [0.15, 0.2) is 8.68 Å². The highest BCUT2D eigenvalue weighted by Gasteiger charge is 2.20. The van der Waals surface area contributed by atoms with Gasteiger partial charge in [-0.05, 0) is 25.7 Å². The number of hydrogen-bond acceptors (Lipinski definition) is 6. The summed E-state index contributed by atoms with van der Waals surface area (Å²) in [6.07, 6.45) is 2.01. The summed E-state index contributed by atoms with van der Waals surface area (Å²) in [6.45, 7) is 4.13. The van der Waals surface area contributed by atoms with E-state index in [4.69, 9.17) is 5.73 Å². The molecule has 2 rings (SSSR count). The van der Waals surface area contributed by atoms with Crippen LogP contribution in [-0.4, -0.2) is 22.5 Å². The molecule has 2 aromatic rings. The van der Waals surface area contributed by atoms with Crippen LogP contribution in [0, 0.1) is 6.92 Å². The van der Waals surface area contributed by atoms with E-state index < -0.39 is 0 Å². The molecule has 0 fully saturated rings. The minimum absolute atomic E-state index is 0.0642. The predicted octanol–water partition coefficient (Wildman–Crippen LogP) is 3.75. The lowest BCUT2D eigenvalue weighted by atomic mass is 10.1. The third-order valence-corrected chi connectivity index (χ3v) is 6.14. The van der Waals surface area contributed by atoms with E-state index in [1.165, 1.54) is 11.1 Å². The summed E-state index contributed by atoms with van der Waals surface area (Å²) in [7, 11) is 0. The number of nitrogens with two attached hydrogens (primary N) is 1. The third kappa shape index (κ3) is 3.95. The number of rotatable bonds is 5. The molecular formula is C13H17N3S3. The Morgan fingerprint density at radius 2 is 1.79 bits per heavy atom. The minimum Gasteiger partial charge on any atom is -0.327 e. The van der Waals surface area contributed by atoms with E-state index in [2.05, 4.69) is 41.4 Å². The molecule has 3 nitrogen and oxygen atoms in total. The summed E-state index contributed by atoms with van der Waals surface area (Å²) in [5.74, 6) is 0. The molecule has 0 saturated carbocycles. The number of aryl methyl sites for hydroxylation is 1. The monoisotopic (exact) mass is 311 g/mol. The number of aromatic nitrogens is 2. The molecule has 2 unspecified atom stereocenters. The standard InChI is InChI=1S/C13H17N3S3/c1-8-4-6-10(7-5-8)11(9(2)14)18-13-16-15-12(17-3)19-13/h4-7,9,11H,14H2,1-3H3. The molecule has 0 amide bonds. The summed E-state index contributed by atoms with van der Waals surface area (Å²) in [5.41, 5.74) is 8.63. The molecule has 0 saturated heterocycles. The average molecular weight is 312 g/mol. The van der Waals surface area contributed by atoms with Gasteiger partial charge in [-0.25, -0.2) is 0 Å². The van der Waals surface area contributed by atoms with Crippen LogP contribution in [0.25, 0.3) is 0 Å². The molecular weight excluding hydrogens is 294 g/mol. The molecule has 1 heterocycles. The number of benzene rings is 1. The van der Waals surface area contributed by atoms with Crippen LogP contribution in [0.4, 0.5) is 0 Å². The van der Waals surface area contributed by atoms with E-state index in [0.29, 0.717) is 0 Å². The van der Waals surface area contributed by atoms with Gasteiger partial charge in [-0.1, -0.05) is 64.7 Å². The van der Waals surface area contributed by atoms with E-state index in [9.17, 15) is 0 Å². The van der Waals surface area contributed by atoms with Crippen LogP contribution in [0.3, 0.4) is 0 Å². The number of hydrogen-bond donors (Lipinski definition) is 1. The van der Waals surface area contributed by atoms with Crippen molar-refractivity contribution < 1.29 is 0 Å². The summed E-state index contributed by atoms with van der Waals surface area (Å²) in [6, 6.07) is 8.60. The molecule has 1 aromatic heterocycles. The van der Waals surface area contributed by atoms with Gasteiger partial charge < -0.3 is 5.73 Å². The fraction of sp³-hybridized carbons (Fsp3) is 0.385. The SMILES string of the molecule is CSc1nnc(SC(c2ccc(C)cc2)C(C)N)s1. The Labute approximate surface area is 126 Å². The van der Waals surface area contributed by atoms with Gasteiger partial charge in [0.25, 0.3) is 0 Å². The second-order valence-corrected chi connectivity index (χ2v) is 7.77. The Morgan fingerprint density at radius 1 is 1.16 bits per heavy atom. The van der Waals surface area contributed by atoms with Gasteiger partial charge >= 0.3 is 0 Å². The van der Waals surface area contributed by atoms with Gasteiger partial charge in [0.05, 0.1) is 5.25 Å². The Morgan fingerprint density at radius 3 is 2.32 bits per heavy atom. The molecule has 0 bridgehead atoms. The minimum atomic E-state index is 0.0642. The van der Waals surface area contributed by atoms with Crippen molar-refractivity contribution in [2.75, 3.05) is 6.26 Å². The van der Waals surface area contributed by atoms with Crippen LogP contribution in [0.1, 0.15) is 23.3 Å². The Balaban J connectivity index is 2.18. The molecule has 0 spiro atoms. The molecule has 0 aliphatic heterocycles. The summed E-state index contributed by atoms with van der Waals surface area (Å²) in [4.78, 5) is 0. The highest BCUT2D eigenvalue weighted by Crippen LogP contribution is 2.39. The fourth-order valence-electron chi connectivity index (χ4n) is 1.67. The largest absolute Gasteiger partial charge is 0.327 e. The lowest BCUT2D eigenvalue weighted by Crippen LogP contribution is -2.22. The predicted molar refractivity (Wildman–Crippen MR) is 85.1 cm³/mol. The van der Waals surface area contributed by atoms with E-state index in [1.54, 1.807) is 34.9 Å². The van der Waals surface area contributed by atoms with E-state index in [-0.39, 0.29) is 11.3 Å². The van der Waals surface area contributed by atoms with Gasteiger partial charge in [0, 0.05) is 6.04 Å². The molecule has 19 heavy (non-hydrogen) atoms. The van der Waals surface area contributed by atoms with Crippen LogP contribution in [0.5, 0.6) is 0 Å². The van der Waals surface area contributed by atoms with Crippen molar-refractivity contribution in [2.45, 2.75) is 33.8 Å². The van der Waals surface area contributed by atoms with Gasteiger partial charge in [-0.15, -0.1) is 10.2 Å². The van der Waals surface area contributed by atoms with Crippen molar-refractivity contribution >= 4 is 34.9 Å². The first-order valence-electron chi connectivity index (χ1n) is 5.96. The molecule has 0 radical (unpaired) electrons. The molecule has 6 heteroatoms. The topological polar surface area (TPSA) is 51.8 Å². The lowest BCUT2D eigenvalue weighted by molar-refractivity contribution is 0.720. The smallest absolute Gasteiger partial charge is 0.175 e. The number of thioether (sulfide) groups is 2. The van der Waals surface area contributed by atoms with Gasteiger partial charge in [-0.3, -0.25) is 0 Å². The van der Waals surface area contributed by atoms with E-state index in [0.717, 1.165) is 8.68 Å². The van der Waals surface area contributed by atoms with Gasteiger partial charge in [-0.2, -0.15) is 0 Å². The average Bonchev–Trinajstić information content (AvgIpc) is 2.85. The van der Waals surface area contributed by atoms with Crippen LogP contribution < -0.4 is 5.73 Å². The quantitative estimate of drug-likeness (QED) is 0.852. The highest BCUT2D eigenvalue weighted by atomic mass is 32.2. The van der Waals surface area contributed by atoms with E-state index >= 15 is 0 Å². The molecule has 2 atom stereocenters. The lowest BCUT2D eigenvalue weighted by Gasteiger charge is -2.19. The van der Waals surface area contributed by atoms with Crippen LogP contribution in [0.15, 0.2) is 32.9 Å². The Kier molecular flexibility index (Phi) is 5.27. The highest BCUT2D eigenvalue weighted by molar-refractivity contribution is 8.03. The zero-order valence-corrected chi connectivity index (χ0v) is 13.6. The normalized spacial score (nSPS) is 14.3. The molecule has 0 aliphatic carbocycles. The van der Waals surface area contributed by atoms with Crippen molar-refractivity contribution in [1.82, 2.24) is 10.2 Å². The molecule has 2 N–H and O–H groups in total. The summed E-state index contributed by atoms with van der Waals surface area (Å²) >= 11 is 4.95. The number of nitrogens with zero attached hydrogens (tertiary/aromatic N) is 2. The van der Waals surface area contributed by atoms with Crippen LogP contribution >= 0.6 is 34.9 Å². The van der Waals surface area contributed by atoms with Crippen molar-refractivity contribution in [2.24, 2.45) is 5.73 Å². The maximum absolute atomic E-state index is 6.12. The maximum Gasteiger partial charge on any atom is 0.175 e. The van der Waals surface area contributed by atoms with Gasteiger partial charge in [0.2, 0.25) is 0 Å². The maximum atomic E-state index is 6.12. The van der Waals surface area contributed by atoms with Crippen LogP contribution in [-0.2, 0) is 0 Å². The van der Waals surface area contributed by atoms with Crippen molar-refractivity contribution in [1.29, 1.82) is 0 Å².